The van der Waals surface area contributed by atoms with Crippen LogP contribution in [0, 0.1) is 0 Å². The van der Waals surface area contributed by atoms with Crippen LogP contribution in [0.3, 0.4) is 0 Å². The number of hydrogen-bond acceptors (Lipinski definition) is 4. The number of rotatable bonds is 7. The molecule has 1 N–H and O–H groups in total. The van der Waals surface area contributed by atoms with Gasteiger partial charge in [0, 0.05) is 32.7 Å². The molecule has 0 radical (unpaired) electrons. The summed E-state index contributed by atoms with van der Waals surface area (Å²) >= 11 is 0. The lowest BCUT2D eigenvalue weighted by atomic mass is 10.1. The van der Waals surface area contributed by atoms with Crippen molar-refractivity contribution in [1.82, 2.24) is 15.1 Å². The molecule has 6 heteroatoms. The molecule has 0 aliphatic carbocycles. The predicted octanol–water partition coefficient (Wildman–Crippen LogP) is 1.07. The first-order valence-electron chi connectivity index (χ1n) is 8.58. The Balaban J connectivity index is 1.83. The third-order valence-corrected chi connectivity index (χ3v) is 4.50. The second kappa shape index (κ2) is 9.22. The first-order valence-corrected chi connectivity index (χ1v) is 8.58. The van der Waals surface area contributed by atoms with Crippen molar-refractivity contribution >= 4 is 11.8 Å². The highest BCUT2D eigenvalue weighted by Crippen LogP contribution is 2.15. The van der Waals surface area contributed by atoms with E-state index in [9.17, 15) is 9.59 Å². The second-order valence-corrected chi connectivity index (χ2v) is 6.15. The van der Waals surface area contributed by atoms with Gasteiger partial charge in [0.1, 0.15) is 5.75 Å². The van der Waals surface area contributed by atoms with Crippen LogP contribution in [-0.2, 0) is 16.0 Å². The molecular weight excluding hydrogens is 318 g/mol. The predicted molar refractivity (Wildman–Crippen MR) is 97.5 cm³/mol. The highest BCUT2D eigenvalue weighted by atomic mass is 16.5. The van der Waals surface area contributed by atoms with Crippen LogP contribution in [0.15, 0.2) is 36.9 Å². The lowest BCUT2D eigenvalue weighted by Gasteiger charge is -2.37. The minimum absolute atomic E-state index is 0.00365. The number of hydrogen-bond donors (Lipinski definition) is 1. The van der Waals surface area contributed by atoms with Crippen LogP contribution >= 0.6 is 0 Å². The Kier molecular flexibility index (Phi) is 7.01. The van der Waals surface area contributed by atoms with E-state index in [-0.39, 0.29) is 17.9 Å². The first-order chi connectivity index (χ1) is 12.0. The Labute approximate surface area is 149 Å². The van der Waals surface area contributed by atoms with Gasteiger partial charge < -0.3 is 15.0 Å². The van der Waals surface area contributed by atoms with Gasteiger partial charge in [-0.2, -0.15) is 0 Å². The number of ether oxygens (including phenoxy) is 1. The van der Waals surface area contributed by atoms with E-state index in [2.05, 4.69) is 16.8 Å². The maximum Gasteiger partial charge on any atom is 0.237 e. The molecule has 2 rings (SSSR count). The lowest BCUT2D eigenvalue weighted by Crippen LogP contribution is -2.55. The standard InChI is InChI=1S/C19H27N3O3/c1-4-8-20-19(24)15(2)21-9-11-22(12-10-21)18(23)14-16-6-5-7-17(13-16)25-3/h4-7,13,15H,1,8-12,14H2,2-3H3,(H,20,24)/t15-/m0/s1. The smallest absolute Gasteiger partial charge is 0.237 e. The molecule has 0 bridgehead atoms. The van der Waals surface area contributed by atoms with Crippen LogP contribution in [0.2, 0.25) is 0 Å². The minimum Gasteiger partial charge on any atom is -0.497 e. The molecule has 1 atom stereocenters. The number of nitrogens with zero attached hydrogens (tertiary/aromatic N) is 2. The van der Waals surface area contributed by atoms with Crippen molar-refractivity contribution in [1.29, 1.82) is 0 Å². The van der Waals surface area contributed by atoms with Crippen LogP contribution < -0.4 is 10.1 Å². The molecule has 1 aromatic carbocycles. The lowest BCUT2D eigenvalue weighted by molar-refractivity contribution is -0.133. The Bertz CT molecular complexity index is 610. The van der Waals surface area contributed by atoms with E-state index in [0.717, 1.165) is 11.3 Å². The first kappa shape index (κ1) is 19.0. The van der Waals surface area contributed by atoms with Gasteiger partial charge in [-0.15, -0.1) is 6.58 Å². The maximum atomic E-state index is 12.5. The molecule has 1 saturated heterocycles. The number of amides is 2. The number of piperazine rings is 1. The number of benzene rings is 1. The van der Waals surface area contributed by atoms with Gasteiger partial charge in [0.05, 0.1) is 19.6 Å². The van der Waals surface area contributed by atoms with Crippen LogP contribution in [0.25, 0.3) is 0 Å². The van der Waals surface area contributed by atoms with Crippen molar-refractivity contribution in [2.24, 2.45) is 0 Å². The third kappa shape index (κ3) is 5.32. The molecule has 2 amide bonds. The summed E-state index contributed by atoms with van der Waals surface area (Å²) in [5, 5.41) is 2.82. The Morgan fingerprint density at radius 3 is 2.68 bits per heavy atom. The van der Waals surface area contributed by atoms with E-state index in [1.165, 1.54) is 0 Å². The van der Waals surface area contributed by atoms with Crippen molar-refractivity contribution < 1.29 is 14.3 Å². The van der Waals surface area contributed by atoms with E-state index < -0.39 is 0 Å². The average molecular weight is 345 g/mol. The monoisotopic (exact) mass is 345 g/mol. The molecule has 0 aromatic heterocycles. The highest BCUT2D eigenvalue weighted by Gasteiger charge is 2.27. The van der Waals surface area contributed by atoms with Gasteiger partial charge in [-0.25, -0.2) is 0 Å². The Morgan fingerprint density at radius 1 is 1.32 bits per heavy atom. The number of carbonyl (C=O) groups is 2. The van der Waals surface area contributed by atoms with Gasteiger partial charge in [0.25, 0.3) is 0 Å². The normalized spacial score (nSPS) is 16.2. The molecule has 6 nitrogen and oxygen atoms in total. The molecule has 25 heavy (non-hydrogen) atoms. The van der Waals surface area contributed by atoms with E-state index in [1.807, 2.05) is 36.1 Å². The summed E-state index contributed by atoms with van der Waals surface area (Å²) in [5.41, 5.74) is 0.948. The molecule has 1 aromatic rings. The van der Waals surface area contributed by atoms with Gasteiger partial charge in [-0.1, -0.05) is 18.2 Å². The summed E-state index contributed by atoms with van der Waals surface area (Å²) in [5.74, 6) is 0.863. The van der Waals surface area contributed by atoms with Gasteiger partial charge in [-0.05, 0) is 24.6 Å². The topological polar surface area (TPSA) is 61.9 Å². The molecular formula is C19H27N3O3. The SMILES string of the molecule is C=CCNC(=O)[C@H](C)N1CCN(C(=O)Cc2cccc(OC)c2)CC1. The molecule has 1 aliphatic heterocycles. The van der Waals surface area contributed by atoms with E-state index in [1.54, 1.807) is 13.2 Å². The van der Waals surface area contributed by atoms with Crippen LogP contribution in [-0.4, -0.2) is 67.5 Å². The number of methoxy groups -OCH3 is 1. The summed E-state index contributed by atoms with van der Waals surface area (Å²) in [6, 6.07) is 7.38. The second-order valence-electron chi connectivity index (χ2n) is 6.15. The fraction of sp³-hybridized carbons (Fsp3) is 0.474. The Morgan fingerprint density at radius 2 is 2.04 bits per heavy atom. The molecule has 1 fully saturated rings. The third-order valence-electron chi connectivity index (χ3n) is 4.50. The van der Waals surface area contributed by atoms with E-state index in [4.69, 9.17) is 4.74 Å². The van der Waals surface area contributed by atoms with Crippen molar-refractivity contribution in [2.75, 3.05) is 39.8 Å². The van der Waals surface area contributed by atoms with Crippen LogP contribution in [0.1, 0.15) is 12.5 Å². The van der Waals surface area contributed by atoms with Gasteiger partial charge in [0.15, 0.2) is 0 Å². The number of nitrogens with one attached hydrogen (secondary N) is 1. The fourth-order valence-corrected chi connectivity index (χ4v) is 2.91. The highest BCUT2D eigenvalue weighted by molar-refractivity contribution is 5.81. The molecule has 0 spiro atoms. The number of carbonyl (C=O) groups excluding carboxylic acids is 2. The summed E-state index contributed by atoms with van der Waals surface area (Å²) in [6.07, 6.45) is 2.03. The van der Waals surface area contributed by atoms with Crippen LogP contribution in [0.5, 0.6) is 5.75 Å². The average Bonchev–Trinajstić information content (AvgIpc) is 2.65. The summed E-state index contributed by atoms with van der Waals surface area (Å²) in [7, 11) is 1.62. The van der Waals surface area contributed by atoms with Crippen molar-refractivity contribution in [2.45, 2.75) is 19.4 Å². The van der Waals surface area contributed by atoms with Crippen molar-refractivity contribution in [3.63, 3.8) is 0 Å². The fourth-order valence-electron chi connectivity index (χ4n) is 2.91. The van der Waals surface area contributed by atoms with E-state index in [0.29, 0.717) is 39.1 Å². The zero-order valence-electron chi connectivity index (χ0n) is 15.0. The summed E-state index contributed by atoms with van der Waals surface area (Å²) < 4.78 is 5.20. The largest absolute Gasteiger partial charge is 0.497 e. The Hall–Kier alpha value is -2.34. The van der Waals surface area contributed by atoms with E-state index >= 15 is 0 Å². The molecule has 1 aliphatic rings. The zero-order valence-corrected chi connectivity index (χ0v) is 15.0. The zero-order chi connectivity index (χ0) is 18.2. The van der Waals surface area contributed by atoms with Gasteiger partial charge >= 0.3 is 0 Å². The molecule has 136 valence electrons. The summed E-state index contributed by atoms with van der Waals surface area (Å²) in [4.78, 5) is 28.5. The molecule has 0 saturated carbocycles. The van der Waals surface area contributed by atoms with Gasteiger partial charge in [-0.3, -0.25) is 14.5 Å². The molecule has 1 heterocycles. The van der Waals surface area contributed by atoms with Gasteiger partial charge in [0.2, 0.25) is 11.8 Å². The minimum atomic E-state index is -0.199. The quantitative estimate of drug-likeness (QED) is 0.751. The van der Waals surface area contributed by atoms with Crippen molar-refractivity contribution in [3.8, 4) is 5.75 Å². The molecule has 0 unspecified atom stereocenters. The maximum absolute atomic E-state index is 12.5. The summed E-state index contributed by atoms with van der Waals surface area (Å²) in [6.45, 7) is 8.65. The van der Waals surface area contributed by atoms with Crippen molar-refractivity contribution in [3.05, 3.63) is 42.5 Å². The van der Waals surface area contributed by atoms with Crippen LogP contribution in [0.4, 0.5) is 0 Å².